The molecular formula is C34H24N4O8S. The Morgan fingerprint density at radius 1 is 0.936 bits per heavy atom. The predicted molar refractivity (Wildman–Crippen MR) is 174 cm³/mol. The van der Waals surface area contributed by atoms with Crippen LogP contribution in [0.25, 0.3) is 11.8 Å². The predicted octanol–water partition coefficient (Wildman–Crippen LogP) is 5.54. The van der Waals surface area contributed by atoms with Crippen molar-refractivity contribution in [2.24, 2.45) is 4.99 Å². The Morgan fingerprint density at radius 3 is 2.34 bits per heavy atom. The summed E-state index contributed by atoms with van der Waals surface area (Å²) >= 11 is 1.15. The lowest BCUT2D eigenvalue weighted by Gasteiger charge is -2.25. The van der Waals surface area contributed by atoms with Gasteiger partial charge in [-0.05, 0) is 42.3 Å². The molecule has 1 atom stereocenters. The Kier molecular flexibility index (Phi) is 8.54. The first kappa shape index (κ1) is 30.8. The maximum Gasteiger partial charge on any atom is 0.338 e. The van der Waals surface area contributed by atoms with Gasteiger partial charge in [0.2, 0.25) is 5.75 Å². The molecule has 0 bridgehead atoms. The number of fused-ring (bicyclic) bond motifs is 1. The summed E-state index contributed by atoms with van der Waals surface area (Å²) in [6, 6.07) is 27.2. The fourth-order valence-electron chi connectivity index (χ4n) is 5.19. The molecule has 0 saturated carbocycles. The maximum atomic E-state index is 14.1. The van der Waals surface area contributed by atoms with Crippen LogP contribution in [-0.2, 0) is 9.53 Å². The van der Waals surface area contributed by atoms with Crippen molar-refractivity contribution < 1.29 is 24.1 Å². The van der Waals surface area contributed by atoms with E-state index in [4.69, 9.17) is 14.5 Å². The normalized spacial score (nSPS) is 14.2. The van der Waals surface area contributed by atoms with Crippen LogP contribution in [0.3, 0.4) is 0 Å². The quantitative estimate of drug-likeness (QED) is 0.115. The van der Waals surface area contributed by atoms with Gasteiger partial charge in [0.25, 0.3) is 11.2 Å². The fourth-order valence-corrected chi connectivity index (χ4v) is 6.19. The molecule has 234 valence electrons. The maximum absolute atomic E-state index is 14.1. The summed E-state index contributed by atoms with van der Waals surface area (Å²) in [6.45, 7) is 1.85. The molecule has 0 spiro atoms. The Balaban J connectivity index is 1.48. The van der Waals surface area contributed by atoms with Crippen LogP contribution in [-0.4, -0.2) is 27.0 Å². The molecule has 0 N–H and O–H groups in total. The van der Waals surface area contributed by atoms with E-state index in [1.807, 2.05) is 60.7 Å². The molecule has 12 nitrogen and oxygen atoms in total. The van der Waals surface area contributed by atoms with Gasteiger partial charge >= 0.3 is 11.7 Å². The lowest BCUT2D eigenvalue weighted by molar-refractivity contribution is -0.394. The summed E-state index contributed by atoms with van der Waals surface area (Å²) < 4.78 is 13.0. The van der Waals surface area contributed by atoms with Gasteiger partial charge in [-0.1, -0.05) is 84.1 Å². The van der Waals surface area contributed by atoms with Gasteiger partial charge in [0.1, 0.15) is 5.75 Å². The second kappa shape index (κ2) is 13.0. The molecule has 0 unspecified atom stereocenters. The largest absolute Gasteiger partial charge is 0.463 e. The number of rotatable bonds is 9. The molecule has 0 radical (unpaired) electrons. The minimum absolute atomic E-state index is 0.137. The van der Waals surface area contributed by atoms with E-state index in [0.29, 0.717) is 31.7 Å². The van der Waals surface area contributed by atoms with Crippen LogP contribution in [0.1, 0.15) is 29.7 Å². The minimum atomic E-state index is -0.818. The Labute approximate surface area is 270 Å². The number of aromatic nitrogens is 1. The van der Waals surface area contributed by atoms with E-state index in [-0.39, 0.29) is 29.2 Å². The number of carbonyl (C=O) groups is 1. The van der Waals surface area contributed by atoms with Crippen molar-refractivity contribution in [3.05, 3.63) is 165 Å². The SMILES string of the molecule is CCOC(=O)C1=C(c2ccccc2)N=c2s/c(=C/c3cccc(Oc4ccc([N+](=O)[O-])cc4[N+](=O)[O-])c3)c(=O)n2[C@@H]1c1ccccc1. The van der Waals surface area contributed by atoms with Crippen molar-refractivity contribution in [1.82, 2.24) is 4.57 Å². The molecule has 0 saturated heterocycles. The molecule has 1 aliphatic heterocycles. The second-order valence-corrected chi connectivity index (χ2v) is 11.2. The number of ether oxygens (including phenoxy) is 2. The van der Waals surface area contributed by atoms with Crippen molar-refractivity contribution in [2.75, 3.05) is 6.61 Å². The first-order chi connectivity index (χ1) is 22.7. The Morgan fingerprint density at radius 2 is 1.66 bits per heavy atom. The van der Waals surface area contributed by atoms with E-state index >= 15 is 0 Å². The summed E-state index contributed by atoms with van der Waals surface area (Å²) in [5, 5.41) is 22.7. The van der Waals surface area contributed by atoms with E-state index in [0.717, 1.165) is 29.5 Å². The average Bonchev–Trinajstić information content (AvgIpc) is 3.38. The Hall–Kier alpha value is -6.21. The highest BCUT2D eigenvalue weighted by molar-refractivity contribution is 7.07. The zero-order chi connectivity index (χ0) is 33.1. The van der Waals surface area contributed by atoms with Gasteiger partial charge in [0.15, 0.2) is 4.80 Å². The third kappa shape index (κ3) is 6.19. The van der Waals surface area contributed by atoms with Gasteiger partial charge < -0.3 is 9.47 Å². The van der Waals surface area contributed by atoms with Crippen LogP contribution in [0.15, 0.2) is 118 Å². The number of hydrogen-bond donors (Lipinski definition) is 0. The molecule has 13 heteroatoms. The summed E-state index contributed by atoms with van der Waals surface area (Å²) in [5.74, 6) is -0.551. The molecule has 0 amide bonds. The first-order valence-corrected chi connectivity index (χ1v) is 15.1. The number of esters is 1. The van der Waals surface area contributed by atoms with Crippen LogP contribution in [0.5, 0.6) is 11.5 Å². The minimum Gasteiger partial charge on any atom is -0.463 e. The number of carbonyl (C=O) groups excluding carboxylic acids is 1. The number of non-ortho nitro benzene ring substituents is 1. The monoisotopic (exact) mass is 648 g/mol. The van der Waals surface area contributed by atoms with Gasteiger partial charge in [0, 0.05) is 11.6 Å². The number of nitro groups is 2. The molecule has 2 heterocycles. The molecule has 1 aliphatic rings. The van der Waals surface area contributed by atoms with Crippen molar-refractivity contribution >= 4 is 40.5 Å². The number of nitrogens with zero attached hydrogens (tertiary/aromatic N) is 4. The van der Waals surface area contributed by atoms with E-state index in [1.165, 1.54) is 4.57 Å². The Bertz CT molecular complexity index is 2250. The number of benzene rings is 4. The third-order valence-electron chi connectivity index (χ3n) is 7.22. The summed E-state index contributed by atoms with van der Waals surface area (Å²) in [7, 11) is 0. The number of nitro benzene ring substituents is 2. The van der Waals surface area contributed by atoms with Gasteiger partial charge in [-0.2, -0.15) is 0 Å². The highest BCUT2D eigenvalue weighted by atomic mass is 32.1. The van der Waals surface area contributed by atoms with Crippen molar-refractivity contribution in [2.45, 2.75) is 13.0 Å². The summed E-state index contributed by atoms with van der Waals surface area (Å²) in [5.41, 5.74) is 1.20. The average molecular weight is 649 g/mol. The zero-order valence-corrected chi connectivity index (χ0v) is 25.5. The van der Waals surface area contributed by atoms with Gasteiger partial charge in [-0.25, -0.2) is 9.79 Å². The lowest BCUT2D eigenvalue weighted by Crippen LogP contribution is -2.39. The smallest absolute Gasteiger partial charge is 0.338 e. The van der Waals surface area contributed by atoms with Crippen LogP contribution in [0.2, 0.25) is 0 Å². The van der Waals surface area contributed by atoms with E-state index in [9.17, 15) is 29.8 Å². The highest BCUT2D eigenvalue weighted by Gasteiger charge is 2.35. The first-order valence-electron chi connectivity index (χ1n) is 14.3. The number of hydrogen-bond acceptors (Lipinski definition) is 10. The molecule has 4 aromatic carbocycles. The van der Waals surface area contributed by atoms with Gasteiger partial charge in [0.05, 0.1) is 44.4 Å². The standard InChI is InChI=1S/C34H24N4O8S/c1-2-45-33(40)29-30(22-11-5-3-6-12-22)35-34-36(31(29)23-13-7-4-8-14-23)32(39)28(47-34)19-21-10-9-15-25(18-21)46-27-17-16-24(37(41)42)20-26(27)38(43)44/h3-20,31H,2H2,1H3/b28-19+/t31-/m1/s1. The second-order valence-electron chi connectivity index (χ2n) is 10.2. The molecule has 0 aliphatic carbocycles. The van der Waals surface area contributed by atoms with Crippen LogP contribution >= 0.6 is 11.3 Å². The van der Waals surface area contributed by atoms with Gasteiger partial charge in [-0.3, -0.25) is 29.6 Å². The molecule has 6 rings (SSSR count). The third-order valence-corrected chi connectivity index (χ3v) is 8.21. The highest BCUT2D eigenvalue weighted by Crippen LogP contribution is 2.36. The number of thiazole rings is 1. The molecule has 1 aromatic heterocycles. The van der Waals surface area contributed by atoms with Crippen LogP contribution in [0.4, 0.5) is 11.4 Å². The topological polar surface area (TPSA) is 156 Å². The summed E-state index contributed by atoms with van der Waals surface area (Å²) in [4.78, 5) is 54.1. The van der Waals surface area contributed by atoms with E-state index in [1.54, 1.807) is 37.3 Å². The zero-order valence-electron chi connectivity index (χ0n) is 24.6. The lowest BCUT2D eigenvalue weighted by atomic mass is 9.93. The summed E-state index contributed by atoms with van der Waals surface area (Å²) in [6.07, 6.45) is 1.64. The molecule has 47 heavy (non-hydrogen) atoms. The van der Waals surface area contributed by atoms with E-state index in [2.05, 4.69) is 0 Å². The van der Waals surface area contributed by atoms with Gasteiger partial charge in [-0.15, -0.1) is 0 Å². The molecule has 5 aromatic rings. The van der Waals surface area contributed by atoms with Crippen LogP contribution < -0.4 is 19.6 Å². The van der Waals surface area contributed by atoms with Crippen molar-refractivity contribution in [3.8, 4) is 11.5 Å². The fraction of sp³-hybridized carbons (Fsp3) is 0.0882. The van der Waals surface area contributed by atoms with E-state index < -0.39 is 33.2 Å². The van der Waals surface area contributed by atoms with Crippen molar-refractivity contribution in [3.63, 3.8) is 0 Å². The van der Waals surface area contributed by atoms with Crippen LogP contribution in [0, 0.1) is 20.2 Å². The van der Waals surface area contributed by atoms with Crippen molar-refractivity contribution in [1.29, 1.82) is 0 Å². The molecular weight excluding hydrogens is 624 g/mol. The molecule has 0 fully saturated rings.